The monoisotopic (exact) mass is 286 g/mol. The van der Waals surface area contributed by atoms with Gasteiger partial charge in [0.25, 0.3) is 5.91 Å². The summed E-state index contributed by atoms with van der Waals surface area (Å²) in [5.41, 5.74) is 0.348. The van der Waals surface area contributed by atoms with E-state index in [1.165, 1.54) is 0 Å². The average molecular weight is 287 g/mol. The molecule has 19 heavy (non-hydrogen) atoms. The molecule has 0 aromatic carbocycles. The third kappa shape index (κ3) is 5.55. The summed E-state index contributed by atoms with van der Waals surface area (Å²) in [4.78, 5) is 18.0. The molecule has 0 radical (unpaired) electrons. The van der Waals surface area contributed by atoms with Gasteiger partial charge in [-0.1, -0.05) is 17.7 Å². The second-order valence-corrected chi connectivity index (χ2v) is 4.36. The van der Waals surface area contributed by atoms with Crippen molar-refractivity contribution in [3.63, 3.8) is 0 Å². The first-order chi connectivity index (χ1) is 9.19. The average Bonchev–Trinajstić information content (AvgIpc) is 2.42. The van der Waals surface area contributed by atoms with Crippen LogP contribution in [0.15, 0.2) is 18.2 Å². The number of carbonyl (C=O) groups excluding carboxylic acids is 1. The topological polar surface area (TPSA) is 51.7 Å². The van der Waals surface area contributed by atoms with Gasteiger partial charge >= 0.3 is 0 Å². The number of amides is 1. The first kappa shape index (κ1) is 15.9. The highest BCUT2D eigenvalue weighted by atomic mass is 35.5. The van der Waals surface area contributed by atoms with Gasteiger partial charge in [0.05, 0.1) is 6.61 Å². The molecular weight excluding hydrogens is 268 g/mol. The van der Waals surface area contributed by atoms with Crippen LogP contribution in [0.3, 0.4) is 0 Å². The third-order valence-corrected chi connectivity index (χ3v) is 2.77. The molecule has 0 atom stereocenters. The van der Waals surface area contributed by atoms with Crippen LogP contribution in [0, 0.1) is 0 Å². The van der Waals surface area contributed by atoms with Gasteiger partial charge in [-0.15, -0.1) is 0 Å². The van der Waals surface area contributed by atoms with Crippen LogP contribution >= 0.6 is 11.6 Å². The van der Waals surface area contributed by atoms with E-state index < -0.39 is 0 Å². The van der Waals surface area contributed by atoms with Gasteiger partial charge in [0.15, 0.2) is 0 Å². The Balaban J connectivity index is 2.69. The van der Waals surface area contributed by atoms with E-state index in [2.05, 4.69) is 4.98 Å². The first-order valence-electron chi connectivity index (χ1n) is 6.08. The van der Waals surface area contributed by atoms with Crippen LogP contribution < -0.4 is 0 Å². The van der Waals surface area contributed by atoms with Crippen molar-refractivity contribution in [2.45, 2.75) is 6.42 Å². The van der Waals surface area contributed by atoms with E-state index in [-0.39, 0.29) is 5.91 Å². The van der Waals surface area contributed by atoms with Gasteiger partial charge in [-0.05, 0) is 18.6 Å². The normalized spacial score (nSPS) is 10.5. The van der Waals surface area contributed by atoms with Crippen molar-refractivity contribution in [3.8, 4) is 0 Å². The molecule has 0 N–H and O–H groups in total. The number of aromatic nitrogens is 1. The van der Waals surface area contributed by atoms with Crippen molar-refractivity contribution in [3.05, 3.63) is 29.0 Å². The van der Waals surface area contributed by atoms with Crippen LogP contribution in [0.4, 0.5) is 0 Å². The minimum absolute atomic E-state index is 0.143. The second-order valence-electron chi connectivity index (χ2n) is 3.98. The number of methoxy groups -OCH3 is 2. The largest absolute Gasteiger partial charge is 0.385 e. The van der Waals surface area contributed by atoms with Crippen molar-refractivity contribution in [1.82, 2.24) is 9.88 Å². The van der Waals surface area contributed by atoms with Gasteiger partial charge < -0.3 is 14.4 Å². The Morgan fingerprint density at radius 1 is 1.26 bits per heavy atom. The van der Waals surface area contributed by atoms with Gasteiger partial charge in [-0.3, -0.25) is 4.79 Å². The summed E-state index contributed by atoms with van der Waals surface area (Å²) in [7, 11) is 3.25. The summed E-state index contributed by atoms with van der Waals surface area (Å²) in [6, 6.07) is 5.01. The maximum atomic E-state index is 12.3. The molecule has 0 bridgehead atoms. The molecule has 5 nitrogen and oxygen atoms in total. The van der Waals surface area contributed by atoms with E-state index in [0.29, 0.717) is 37.2 Å². The van der Waals surface area contributed by atoms with E-state index >= 15 is 0 Å². The lowest BCUT2D eigenvalue weighted by Gasteiger charge is -2.21. The molecular formula is C13H19ClN2O3. The predicted molar refractivity (Wildman–Crippen MR) is 73.5 cm³/mol. The molecule has 0 aliphatic heterocycles. The number of ether oxygens (including phenoxy) is 2. The van der Waals surface area contributed by atoms with E-state index in [1.54, 1.807) is 37.3 Å². The lowest BCUT2D eigenvalue weighted by molar-refractivity contribution is 0.0668. The van der Waals surface area contributed by atoms with Crippen LogP contribution in [-0.2, 0) is 9.47 Å². The number of halogens is 1. The van der Waals surface area contributed by atoms with Crippen LogP contribution in [0.2, 0.25) is 5.15 Å². The minimum atomic E-state index is -0.143. The molecule has 1 heterocycles. The fourth-order valence-electron chi connectivity index (χ4n) is 1.61. The fourth-order valence-corrected chi connectivity index (χ4v) is 1.77. The molecule has 1 aromatic rings. The van der Waals surface area contributed by atoms with Gasteiger partial charge in [0.2, 0.25) is 0 Å². The Morgan fingerprint density at radius 3 is 2.63 bits per heavy atom. The van der Waals surface area contributed by atoms with E-state index in [0.717, 1.165) is 6.42 Å². The summed E-state index contributed by atoms with van der Waals surface area (Å²) in [5, 5.41) is 0.314. The zero-order valence-corrected chi connectivity index (χ0v) is 12.0. The molecule has 0 aliphatic rings. The molecule has 0 saturated heterocycles. The van der Waals surface area contributed by atoms with Gasteiger partial charge in [0.1, 0.15) is 10.8 Å². The van der Waals surface area contributed by atoms with E-state index in [4.69, 9.17) is 21.1 Å². The zero-order chi connectivity index (χ0) is 14.1. The van der Waals surface area contributed by atoms with E-state index in [1.807, 2.05) is 0 Å². The lowest BCUT2D eigenvalue weighted by Crippen LogP contribution is -2.35. The summed E-state index contributed by atoms with van der Waals surface area (Å²) in [5.74, 6) is -0.143. The SMILES string of the molecule is COCCCN(CCOC)C(=O)c1cccc(Cl)n1. The Labute approximate surface area is 118 Å². The Hall–Kier alpha value is -1.17. The van der Waals surface area contributed by atoms with Crippen LogP contribution in [0.1, 0.15) is 16.9 Å². The highest BCUT2D eigenvalue weighted by molar-refractivity contribution is 6.29. The maximum absolute atomic E-state index is 12.3. The number of hydrogen-bond acceptors (Lipinski definition) is 4. The molecule has 1 rings (SSSR count). The van der Waals surface area contributed by atoms with Gasteiger partial charge in [0, 0.05) is 33.9 Å². The quantitative estimate of drug-likeness (QED) is 0.541. The van der Waals surface area contributed by atoms with Crippen molar-refractivity contribution in [2.24, 2.45) is 0 Å². The Kier molecular flexibility index (Phi) is 7.40. The smallest absolute Gasteiger partial charge is 0.272 e. The molecule has 0 aliphatic carbocycles. The van der Waals surface area contributed by atoms with Crippen molar-refractivity contribution in [1.29, 1.82) is 0 Å². The molecule has 0 saturated carbocycles. The molecule has 1 amide bonds. The van der Waals surface area contributed by atoms with Crippen molar-refractivity contribution >= 4 is 17.5 Å². The van der Waals surface area contributed by atoms with Crippen LogP contribution in [0.25, 0.3) is 0 Å². The number of pyridine rings is 1. The lowest BCUT2D eigenvalue weighted by atomic mass is 10.3. The zero-order valence-electron chi connectivity index (χ0n) is 11.3. The van der Waals surface area contributed by atoms with Gasteiger partial charge in [-0.25, -0.2) is 4.98 Å². The highest BCUT2D eigenvalue weighted by Gasteiger charge is 2.16. The predicted octanol–water partition coefficient (Wildman–Crippen LogP) is 1.86. The number of hydrogen-bond donors (Lipinski definition) is 0. The van der Waals surface area contributed by atoms with Gasteiger partial charge in [-0.2, -0.15) is 0 Å². The minimum Gasteiger partial charge on any atom is -0.385 e. The summed E-state index contributed by atoms with van der Waals surface area (Å²) >= 11 is 5.80. The molecule has 6 heteroatoms. The first-order valence-corrected chi connectivity index (χ1v) is 6.46. The molecule has 1 aromatic heterocycles. The third-order valence-electron chi connectivity index (χ3n) is 2.56. The van der Waals surface area contributed by atoms with E-state index in [9.17, 15) is 4.79 Å². The Morgan fingerprint density at radius 2 is 2.00 bits per heavy atom. The number of carbonyl (C=O) groups is 1. The van der Waals surface area contributed by atoms with Crippen molar-refractivity contribution in [2.75, 3.05) is 40.5 Å². The van der Waals surface area contributed by atoms with Crippen LogP contribution in [0.5, 0.6) is 0 Å². The summed E-state index contributed by atoms with van der Waals surface area (Å²) < 4.78 is 10.0. The molecule has 0 unspecified atom stereocenters. The summed E-state index contributed by atoms with van der Waals surface area (Å²) in [6.07, 6.45) is 0.770. The highest BCUT2D eigenvalue weighted by Crippen LogP contribution is 2.08. The fraction of sp³-hybridized carbons (Fsp3) is 0.538. The second kappa shape index (κ2) is 8.85. The Bertz CT molecular complexity index is 401. The molecule has 0 spiro atoms. The number of nitrogens with zero attached hydrogens (tertiary/aromatic N) is 2. The van der Waals surface area contributed by atoms with Crippen LogP contribution in [-0.4, -0.2) is 56.3 Å². The standard InChI is InChI=1S/C13H19ClN2O3/c1-18-9-4-7-16(8-10-19-2)13(17)11-5-3-6-12(14)15-11/h3,5-6H,4,7-10H2,1-2H3. The maximum Gasteiger partial charge on any atom is 0.272 e. The molecule has 106 valence electrons. The van der Waals surface area contributed by atoms with Crippen molar-refractivity contribution < 1.29 is 14.3 Å². The number of rotatable bonds is 8. The summed E-state index contributed by atoms with van der Waals surface area (Å²) in [6.45, 7) is 2.22. The molecule has 0 fully saturated rings.